The van der Waals surface area contributed by atoms with E-state index in [1.165, 1.54) is 51.4 Å². The maximum atomic E-state index is 5.06. The minimum absolute atomic E-state index is 0.978. The van der Waals surface area contributed by atoms with Crippen LogP contribution in [0.15, 0.2) is 0 Å². The Balaban J connectivity index is 2.76. The molecule has 0 aliphatic carbocycles. The summed E-state index contributed by atoms with van der Waals surface area (Å²) in [6.45, 7) is 3.23. The van der Waals surface area contributed by atoms with E-state index >= 15 is 0 Å². The van der Waals surface area contributed by atoms with Crippen molar-refractivity contribution in [3.05, 3.63) is 0 Å². The highest BCUT2D eigenvalue weighted by molar-refractivity contribution is 4.46. The highest BCUT2D eigenvalue weighted by atomic mass is 15.5. The zero-order valence-electron chi connectivity index (χ0n) is 8.94. The third-order valence-electron chi connectivity index (χ3n) is 2.26. The van der Waals surface area contributed by atoms with Gasteiger partial charge in [-0.15, -0.1) is 0 Å². The van der Waals surface area contributed by atoms with E-state index in [0.717, 1.165) is 6.54 Å². The summed E-state index contributed by atoms with van der Waals surface area (Å²) in [7, 11) is 0. The van der Waals surface area contributed by atoms with Gasteiger partial charge in [0.25, 0.3) is 0 Å². The van der Waals surface area contributed by atoms with Gasteiger partial charge in [-0.05, 0) is 6.42 Å². The highest BCUT2D eigenvalue weighted by Crippen LogP contribution is 2.07. The van der Waals surface area contributed by atoms with E-state index in [1.54, 1.807) is 0 Å². The molecule has 0 aromatic carbocycles. The molecule has 0 fully saturated rings. The van der Waals surface area contributed by atoms with Crippen LogP contribution in [-0.2, 0) is 0 Å². The maximum Gasteiger partial charge on any atom is 0.0113 e. The molecule has 0 saturated carbocycles. The molecule has 0 unspecified atom stereocenters. The Kier molecular flexibility index (Phi) is 11.8. The Morgan fingerprint density at radius 1 is 0.846 bits per heavy atom. The number of hydrogen-bond donors (Lipinski definition) is 3. The molecular formula is C10H25N3. The molecule has 0 bridgehead atoms. The van der Waals surface area contributed by atoms with Gasteiger partial charge in [0.2, 0.25) is 0 Å². The van der Waals surface area contributed by atoms with Crippen molar-refractivity contribution in [1.29, 1.82) is 0 Å². The van der Waals surface area contributed by atoms with Crippen molar-refractivity contribution in [3.63, 3.8) is 0 Å². The Labute approximate surface area is 82.4 Å². The monoisotopic (exact) mass is 187 g/mol. The number of rotatable bonds is 10. The van der Waals surface area contributed by atoms with Crippen LogP contribution < -0.4 is 16.8 Å². The molecule has 0 aromatic rings. The molecule has 0 rings (SSSR count). The van der Waals surface area contributed by atoms with Crippen molar-refractivity contribution in [2.45, 2.75) is 58.3 Å². The van der Waals surface area contributed by atoms with Crippen LogP contribution in [0.25, 0.3) is 0 Å². The molecule has 0 spiro atoms. The first-order chi connectivity index (χ1) is 6.41. The topological polar surface area (TPSA) is 50.1 Å². The third-order valence-corrected chi connectivity index (χ3v) is 2.26. The second-order valence-corrected chi connectivity index (χ2v) is 3.55. The van der Waals surface area contributed by atoms with Crippen molar-refractivity contribution >= 4 is 0 Å². The molecule has 0 amide bonds. The molecule has 3 nitrogen and oxygen atoms in total. The van der Waals surface area contributed by atoms with Gasteiger partial charge in [-0.2, -0.15) is 5.53 Å². The lowest BCUT2D eigenvalue weighted by molar-refractivity contribution is 0.509. The Morgan fingerprint density at radius 3 is 1.92 bits per heavy atom. The zero-order chi connectivity index (χ0) is 9.78. The van der Waals surface area contributed by atoms with Gasteiger partial charge in [0, 0.05) is 6.54 Å². The quantitative estimate of drug-likeness (QED) is 0.279. The molecule has 0 aliphatic rings. The van der Waals surface area contributed by atoms with Gasteiger partial charge < -0.3 is 0 Å². The van der Waals surface area contributed by atoms with Gasteiger partial charge in [0.15, 0.2) is 0 Å². The van der Waals surface area contributed by atoms with Crippen LogP contribution in [0.1, 0.15) is 58.3 Å². The molecule has 0 aliphatic heterocycles. The molecule has 0 radical (unpaired) electrons. The summed E-state index contributed by atoms with van der Waals surface area (Å²) in [5.74, 6) is 5.06. The summed E-state index contributed by atoms with van der Waals surface area (Å²) in [5, 5.41) is 0. The second kappa shape index (κ2) is 11.9. The number of nitrogens with one attached hydrogen (secondary N) is 2. The number of nitrogens with two attached hydrogens (primary N) is 1. The molecular weight excluding hydrogens is 162 g/mol. The van der Waals surface area contributed by atoms with E-state index in [9.17, 15) is 0 Å². The normalized spacial score (nSPS) is 10.6. The minimum atomic E-state index is 0.978. The average Bonchev–Trinajstić information content (AvgIpc) is 2.16. The molecule has 80 valence electrons. The lowest BCUT2D eigenvalue weighted by Crippen LogP contribution is -2.38. The third kappa shape index (κ3) is 11.9. The first-order valence-electron chi connectivity index (χ1n) is 5.60. The second-order valence-electron chi connectivity index (χ2n) is 3.55. The zero-order valence-corrected chi connectivity index (χ0v) is 8.94. The summed E-state index contributed by atoms with van der Waals surface area (Å²) >= 11 is 0. The fourth-order valence-electron chi connectivity index (χ4n) is 1.42. The predicted octanol–water partition coefficient (Wildman–Crippen LogP) is 2.09. The van der Waals surface area contributed by atoms with E-state index in [4.69, 9.17) is 5.84 Å². The average molecular weight is 187 g/mol. The van der Waals surface area contributed by atoms with E-state index in [1.807, 2.05) is 0 Å². The van der Waals surface area contributed by atoms with Gasteiger partial charge in [-0.25, -0.2) is 5.43 Å². The number of hydrazine groups is 2. The van der Waals surface area contributed by atoms with Crippen LogP contribution in [0.3, 0.4) is 0 Å². The first kappa shape index (κ1) is 12.9. The van der Waals surface area contributed by atoms with Crippen molar-refractivity contribution < 1.29 is 0 Å². The fourth-order valence-corrected chi connectivity index (χ4v) is 1.42. The molecule has 3 heteroatoms. The van der Waals surface area contributed by atoms with Gasteiger partial charge in [-0.3, -0.25) is 5.84 Å². The smallest absolute Gasteiger partial charge is 0.0113 e. The molecule has 0 heterocycles. The van der Waals surface area contributed by atoms with Crippen LogP contribution >= 0.6 is 0 Å². The van der Waals surface area contributed by atoms with Crippen LogP contribution in [-0.4, -0.2) is 6.54 Å². The summed E-state index contributed by atoms with van der Waals surface area (Å²) in [5.41, 5.74) is 5.32. The summed E-state index contributed by atoms with van der Waals surface area (Å²) in [6, 6.07) is 0. The molecule has 0 aromatic heterocycles. The van der Waals surface area contributed by atoms with Crippen molar-refractivity contribution in [2.75, 3.05) is 6.54 Å². The van der Waals surface area contributed by atoms with Crippen molar-refractivity contribution in [3.8, 4) is 0 Å². The van der Waals surface area contributed by atoms with Crippen molar-refractivity contribution in [1.82, 2.24) is 11.0 Å². The van der Waals surface area contributed by atoms with E-state index in [2.05, 4.69) is 17.9 Å². The molecule has 13 heavy (non-hydrogen) atoms. The fraction of sp³-hybridized carbons (Fsp3) is 1.00. The minimum Gasteiger partial charge on any atom is -0.258 e. The molecule has 0 saturated heterocycles. The van der Waals surface area contributed by atoms with Crippen LogP contribution in [0.2, 0.25) is 0 Å². The lowest BCUT2D eigenvalue weighted by Gasteiger charge is -2.02. The standard InChI is InChI=1S/C10H25N3/c1-2-3-4-5-6-7-8-9-10-12-13-11/h12-13H,2-11H2,1H3. The highest BCUT2D eigenvalue weighted by Gasteiger charge is 1.90. The molecule has 4 N–H and O–H groups in total. The van der Waals surface area contributed by atoms with Crippen molar-refractivity contribution in [2.24, 2.45) is 5.84 Å². The van der Waals surface area contributed by atoms with Gasteiger partial charge in [0.05, 0.1) is 0 Å². The number of hydrogen-bond acceptors (Lipinski definition) is 3. The first-order valence-corrected chi connectivity index (χ1v) is 5.60. The van der Waals surface area contributed by atoms with E-state index in [-0.39, 0.29) is 0 Å². The van der Waals surface area contributed by atoms with Crippen LogP contribution in [0.4, 0.5) is 0 Å². The Hall–Kier alpha value is -0.120. The SMILES string of the molecule is CCCCCCCCCCNNN. The van der Waals surface area contributed by atoms with Crippen LogP contribution in [0.5, 0.6) is 0 Å². The van der Waals surface area contributed by atoms with Gasteiger partial charge in [-0.1, -0.05) is 51.9 Å². The Morgan fingerprint density at radius 2 is 1.38 bits per heavy atom. The largest absolute Gasteiger partial charge is 0.258 e. The van der Waals surface area contributed by atoms with Crippen LogP contribution in [0, 0.1) is 0 Å². The summed E-state index contributed by atoms with van der Waals surface area (Å²) in [4.78, 5) is 0. The summed E-state index contributed by atoms with van der Waals surface area (Å²) < 4.78 is 0. The summed E-state index contributed by atoms with van der Waals surface area (Å²) in [6.07, 6.45) is 10.9. The maximum absolute atomic E-state index is 5.06. The number of unbranched alkanes of at least 4 members (excludes halogenated alkanes) is 7. The lowest BCUT2D eigenvalue weighted by atomic mass is 10.1. The van der Waals surface area contributed by atoms with E-state index in [0.29, 0.717) is 0 Å². The molecule has 0 atom stereocenters. The predicted molar refractivity (Wildman–Crippen MR) is 57.9 cm³/mol. The Bertz CT molecular complexity index is 76.2. The van der Waals surface area contributed by atoms with Gasteiger partial charge in [0.1, 0.15) is 0 Å². The van der Waals surface area contributed by atoms with E-state index < -0.39 is 0 Å². The van der Waals surface area contributed by atoms with Gasteiger partial charge >= 0.3 is 0 Å².